The third kappa shape index (κ3) is 3.50. The molecule has 0 spiro atoms. The number of aromatic nitrogens is 3. The molecule has 2 aromatic heterocycles. The van der Waals surface area contributed by atoms with Crippen LogP contribution in [-0.4, -0.2) is 44.4 Å². The number of rotatable bonds is 5. The SMILES string of the molecule is O=C(CSc1nnc(-c2ccco2)n1-c1cccc(Cl)c1)N1CCCC1. The Morgan fingerprint density at radius 3 is 2.77 bits per heavy atom. The zero-order valence-corrected chi connectivity index (χ0v) is 15.5. The predicted octanol–water partition coefficient (Wildman–Crippen LogP) is 3.90. The third-order valence-electron chi connectivity index (χ3n) is 4.22. The van der Waals surface area contributed by atoms with Crippen molar-refractivity contribution in [3.05, 3.63) is 47.7 Å². The zero-order chi connectivity index (χ0) is 17.9. The topological polar surface area (TPSA) is 64.2 Å². The number of halogens is 1. The summed E-state index contributed by atoms with van der Waals surface area (Å²) in [6.45, 7) is 1.69. The van der Waals surface area contributed by atoms with Crippen LogP contribution in [0.3, 0.4) is 0 Å². The van der Waals surface area contributed by atoms with Gasteiger partial charge in [-0.15, -0.1) is 10.2 Å². The molecule has 0 N–H and O–H groups in total. The molecule has 1 amide bonds. The summed E-state index contributed by atoms with van der Waals surface area (Å²) in [6.07, 6.45) is 3.76. The van der Waals surface area contributed by atoms with Crippen LogP contribution in [0.1, 0.15) is 12.8 Å². The Hall–Kier alpha value is -2.25. The zero-order valence-electron chi connectivity index (χ0n) is 14.0. The van der Waals surface area contributed by atoms with E-state index in [0.29, 0.717) is 27.5 Å². The van der Waals surface area contributed by atoms with Crippen LogP contribution >= 0.6 is 23.4 Å². The summed E-state index contributed by atoms with van der Waals surface area (Å²) >= 11 is 7.53. The lowest BCUT2D eigenvalue weighted by Gasteiger charge is -2.15. The van der Waals surface area contributed by atoms with Crippen molar-refractivity contribution < 1.29 is 9.21 Å². The van der Waals surface area contributed by atoms with Gasteiger partial charge in [0.25, 0.3) is 0 Å². The molecule has 1 saturated heterocycles. The summed E-state index contributed by atoms with van der Waals surface area (Å²) in [7, 11) is 0. The van der Waals surface area contributed by atoms with Gasteiger partial charge in [-0.2, -0.15) is 0 Å². The second-order valence-electron chi connectivity index (χ2n) is 5.98. The van der Waals surface area contributed by atoms with E-state index in [1.54, 1.807) is 12.3 Å². The van der Waals surface area contributed by atoms with Crippen LogP contribution in [0.5, 0.6) is 0 Å². The first-order chi connectivity index (χ1) is 12.7. The Kier molecular flexibility index (Phi) is 4.99. The quantitative estimate of drug-likeness (QED) is 0.620. The Morgan fingerprint density at radius 1 is 1.19 bits per heavy atom. The maximum Gasteiger partial charge on any atom is 0.233 e. The summed E-state index contributed by atoms with van der Waals surface area (Å²) in [5.41, 5.74) is 0.824. The Bertz CT molecular complexity index is 904. The number of carbonyl (C=O) groups excluding carboxylic acids is 1. The van der Waals surface area contributed by atoms with Crippen LogP contribution in [0, 0.1) is 0 Å². The number of nitrogens with zero attached hydrogens (tertiary/aromatic N) is 4. The Labute approximate surface area is 160 Å². The largest absolute Gasteiger partial charge is 0.461 e. The summed E-state index contributed by atoms with van der Waals surface area (Å²) in [4.78, 5) is 14.3. The Morgan fingerprint density at radius 2 is 2.04 bits per heavy atom. The van der Waals surface area contributed by atoms with Gasteiger partial charge in [0.15, 0.2) is 10.9 Å². The number of furan rings is 1. The van der Waals surface area contributed by atoms with Crippen molar-refractivity contribution in [2.24, 2.45) is 0 Å². The fraction of sp³-hybridized carbons (Fsp3) is 0.278. The molecule has 134 valence electrons. The van der Waals surface area contributed by atoms with Gasteiger partial charge in [-0.3, -0.25) is 9.36 Å². The number of benzene rings is 1. The number of hydrogen-bond acceptors (Lipinski definition) is 5. The molecular weight excluding hydrogens is 372 g/mol. The average Bonchev–Trinajstić information content (AvgIpc) is 3.40. The molecular formula is C18H17ClN4O2S. The van der Waals surface area contributed by atoms with Gasteiger partial charge in [0, 0.05) is 18.1 Å². The second kappa shape index (κ2) is 7.55. The molecule has 1 aliphatic rings. The van der Waals surface area contributed by atoms with Crippen molar-refractivity contribution in [1.82, 2.24) is 19.7 Å². The van der Waals surface area contributed by atoms with Crippen LogP contribution in [0.25, 0.3) is 17.3 Å². The molecule has 8 heteroatoms. The molecule has 0 atom stereocenters. The van der Waals surface area contributed by atoms with E-state index in [1.807, 2.05) is 39.8 Å². The minimum atomic E-state index is 0.132. The molecule has 1 aromatic carbocycles. The molecule has 3 heterocycles. The van der Waals surface area contributed by atoms with Crippen molar-refractivity contribution >= 4 is 29.3 Å². The molecule has 1 fully saturated rings. The van der Waals surface area contributed by atoms with Crippen LogP contribution in [0.2, 0.25) is 5.02 Å². The maximum atomic E-state index is 12.4. The van der Waals surface area contributed by atoms with E-state index in [4.69, 9.17) is 16.0 Å². The smallest absolute Gasteiger partial charge is 0.233 e. The van der Waals surface area contributed by atoms with Gasteiger partial charge in [0.2, 0.25) is 11.7 Å². The van der Waals surface area contributed by atoms with E-state index in [1.165, 1.54) is 11.8 Å². The van der Waals surface area contributed by atoms with E-state index in [9.17, 15) is 4.79 Å². The van der Waals surface area contributed by atoms with E-state index < -0.39 is 0 Å². The van der Waals surface area contributed by atoms with E-state index in [0.717, 1.165) is 31.6 Å². The summed E-state index contributed by atoms with van der Waals surface area (Å²) in [5, 5.41) is 9.80. The first kappa shape index (κ1) is 17.2. The normalized spacial score (nSPS) is 14.1. The van der Waals surface area contributed by atoms with Crippen LogP contribution in [-0.2, 0) is 4.79 Å². The van der Waals surface area contributed by atoms with Crippen molar-refractivity contribution in [1.29, 1.82) is 0 Å². The van der Waals surface area contributed by atoms with Crippen LogP contribution in [0.4, 0.5) is 0 Å². The number of amides is 1. The minimum Gasteiger partial charge on any atom is -0.461 e. The molecule has 26 heavy (non-hydrogen) atoms. The predicted molar refractivity (Wildman–Crippen MR) is 101 cm³/mol. The lowest BCUT2D eigenvalue weighted by Crippen LogP contribution is -2.29. The molecule has 6 nitrogen and oxygen atoms in total. The lowest BCUT2D eigenvalue weighted by atomic mass is 10.3. The van der Waals surface area contributed by atoms with E-state index >= 15 is 0 Å². The van der Waals surface area contributed by atoms with Crippen LogP contribution < -0.4 is 0 Å². The number of hydrogen-bond donors (Lipinski definition) is 0. The van der Waals surface area contributed by atoms with E-state index in [2.05, 4.69) is 10.2 Å². The van der Waals surface area contributed by atoms with Gasteiger partial charge in [-0.05, 0) is 43.2 Å². The summed E-state index contributed by atoms with van der Waals surface area (Å²) in [5.74, 6) is 1.65. The minimum absolute atomic E-state index is 0.132. The number of thioether (sulfide) groups is 1. The molecule has 0 aliphatic carbocycles. The molecule has 1 aliphatic heterocycles. The molecule has 0 saturated carbocycles. The van der Waals surface area contributed by atoms with Gasteiger partial charge >= 0.3 is 0 Å². The lowest BCUT2D eigenvalue weighted by molar-refractivity contribution is -0.127. The standard InChI is InChI=1S/C18H17ClN4O2S/c19-13-5-3-6-14(11-13)23-17(15-7-4-10-25-15)20-21-18(23)26-12-16(24)22-8-1-2-9-22/h3-7,10-11H,1-2,8-9,12H2. The second-order valence-corrected chi connectivity index (χ2v) is 7.35. The highest BCUT2D eigenvalue weighted by Crippen LogP contribution is 2.29. The van der Waals surface area contributed by atoms with Crippen molar-refractivity contribution in [2.45, 2.75) is 18.0 Å². The average molecular weight is 389 g/mol. The summed E-state index contributed by atoms with van der Waals surface area (Å²) < 4.78 is 7.36. The number of carbonyl (C=O) groups is 1. The highest BCUT2D eigenvalue weighted by atomic mass is 35.5. The monoisotopic (exact) mass is 388 g/mol. The highest BCUT2D eigenvalue weighted by molar-refractivity contribution is 7.99. The van der Waals surface area contributed by atoms with Gasteiger partial charge in [-0.25, -0.2) is 0 Å². The van der Waals surface area contributed by atoms with Crippen LogP contribution in [0.15, 0.2) is 52.2 Å². The first-order valence-corrected chi connectivity index (χ1v) is 9.74. The summed E-state index contributed by atoms with van der Waals surface area (Å²) in [6, 6.07) is 11.1. The molecule has 4 rings (SSSR count). The fourth-order valence-corrected chi connectivity index (χ4v) is 4.00. The fourth-order valence-electron chi connectivity index (χ4n) is 2.96. The van der Waals surface area contributed by atoms with Crippen molar-refractivity contribution in [3.63, 3.8) is 0 Å². The third-order valence-corrected chi connectivity index (χ3v) is 5.37. The van der Waals surface area contributed by atoms with Gasteiger partial charge in [0.1, 0.15) is 0 Å². The molecule has 0 radical (unpaired) electrons. The van der Waals surface area contributed by atoms with Gasteiger partial charge < -0.3 is 9.32 Å². The van der Waals surface area contributed by atoms with Crippen molar-refractivity contribution in [2.75, 3.05) is 18.8 Å². The molecule has 0 bridgehead atoms. The first-order valence-electron chi connectivity index (χ1n) is 8.38. The Balaban J connectivity index is 1.65. The van der Waals surface area contributed by atoms with Crippen molar-refractivity contribution in [3.8, 4) is 17.3 Å². The van der Waals surface area contributed by atoms with Gasteiger partial charge in [0.05, 0.1) is 17.7 Å². The molecule has 0 unspecified atom stereocenters. The maximum absolute atomic E-state index is 12.4. The molecule has 3 aromatic rings. The highest BCUT2D eigenvalue weighted by Gasteiger charge is 2.22. The number of likely N-dealkylation sites (tertiary alicyclic amines) is 1. The van der Waals surface area contributed by atoms with E-state index in [-0.39, 0.29) is 5.91 Å². The van der Waals surface area contributed by atoms with Gasteiger partial charge in [-0.1, -0.05) is 29.4 Å².